The third-order valence-electron chi connectivity index (χ3n) is 5.97. The summed E-state index contributed by atoms with van der Waals surface area (Å²) in [5, 5.41) is 2.92. The monoisotopic (exact) mass is 444 g/mol. The summed E-state index contributed by atoms with van der Waals surface area (Å²) in [6, 6.07) is 23.0. The van der Waals surface area contributed by atoms with Crippen molar-refractivity contribution in [2.24, 2.45) is 0 Å². The lowest BCUT2D eigenvalue weighted by Gasteiger charge is -2.35. The molecule has 170 valence electrons. The lowest BCUT2D eigenvalue weighted by Crippen LogP contribution is -2.58. The summed E-state index contributed by atoms with van der Waals surface area (Å²) in [5.74, 6) is 0.984. The number of carbonyl (C=O) groups is 2. The zero-order valence-corrected chi connectivity index (χ0v) is 18.9. The van der Waals surface area contributed by atoms with Gasteiger partial charge in [-0.15, -0.1) is 0 Å². The fourth-order valence-electron chi connectivity index (χ4n) is 4.29. The molecule has 0 spiro atoms. The van der Waals surface area contributed by atoms with Crippen molar-refractivity contribution in [1.82, 2.24) is 10.2 Å². The van der Waals surface area contributed by atoms with E-state index in [1.54, 1.807) is 31.3 Å². The Labute approximate surface area is 194 Å². The summed E-state index contributed by atoms with van der Waals surface area (Å²) in [4.78, 5) is 27.9. The summed E-state index contributed by atoms with van der Waals surface area (Å²) in [6.07, 6.45) is 0.638. The number of benzene rings is 3. The first-order valence-electron chi connectivity index (χ1n) is 11.0. The van der Waals surface area contributed by atoms with E-state index in [9.17, 15) is 9.59 Å². The maximum atomic E-state index is 13.3. The van der Waals surface area contributed by atoms with Crippen LogP contribution in [0.2, 0.25) is 0 Å². The lowest BCUT2D eigenvalue weighted by molar-refractivity contribution is -0.142. The van der Waals surface area contributed by atoms with Crippen LogP contribution in [0.1, 0.15) is 11.1 Å². The van der Waals surface area contributed by atoms with Crippen LogP contribution in [0.3, 0.4) is 0 Å². The third-order valence-corrected chi connectivity index (χ3v) is 5.97. The number of ether oxygens (including phenoxy) is 2. The molecule has 0 bridgehead atoms. The van der Waals surface area contributed by atoms with Crippen molar-refractivity contribution >= 4 is 11.8 Å². The van der Waals surface area contributed by atoms with Gasteiger partial charge >= 0.3 is 0 Å². The summed E-state index contributed by atoms with van der Waals surface area (Å²) in [6.45, 7) is 0.934. The number of nitrogens with zero attached hydrogens (tertiary/aromatic N) is 1. The first-order chi connectivity index (χ1) is 16.1. The molecule has 3 aromatic carbocycles. The average Bonchev–Trinajstić information content (AvgIpc) is 2.86. The van der Waals surface area contributed by atoms with Crippen molar-refractivity contribution in [3.8, 4) is 22.6 Å². The SMILES string of the molecule is COc1ccc(CC(=O)N2CCNC(=O)C2Cc2ccccc2-c2ccccc2)cc1OC. The van der Waals surface area contributed by atoms with Crippen LogP contribution in [-0.2, 0) is 22.4 Å². The van der Waals surface area contributed by atoms with E-state index in [1.165, 1.54) is 0 Å². The number of carbonyl (C=O) groups excluding carboxylic acids is 2. The second-order valence-corrected chi connectivity index (χ2v) is 7.99. The third kappa shape index (κ3) is 5.00. The van der Waals surface area contributed by atoms with E-state index < -0.39 is 6.04 Å². The van der Waals surface area contributed by atoms with Gasteiger partial charge in [-0.1, -0.05) is 60.7 Å². The second kappa shape index (κ2) is 10.2. The smallest absolute Gasteiger partial charge is 0.243 e. The maximum Gasteiger partial charge on any atom is 0.243 e. The molecule has 0 radical (unpaired) electrons. The maximum absolute atomic E-state index is 13.3. The molecule has 2 amide bonds. The number of amides is 2. The van der Waals surface area contributed by atoms with Gasteiger partial charge in [0.25, 0.3) is 0 Å². The zero-order valence-electron chi connectivity index (χ0n) is 18.9. The number of piperazine rings is 1. The fourth-order valence-corrected chi connectivity index (χ4v) is 4.29. The molecule has 33 heavy (non-hydrogen) atoms. The van der Waals surface area contributed by atoms with Crippen LogP contribution in [0.25, 0.3) is 11.1 Å². The van der Waals surface area contributed by atoms with Crippen molar-refractivity contribution in [3.63, 3.8) is 0 Å². The molecule has 1 N–H and O–H groups in total. The van der Waals surface area contributed by atoms with Crippen molar-refractivity contribution in [1.29, 1.82) is 0 Å². The first kappa shape index (κ1) is 22.4. The number of rotatable bonds is 7. The van der Waals surface area contributed by atoms with E-state index in [-0.39, 0.29) is 18.2 Å². The highest BCUT2D eigenvalue weighted by Gasteiger charge is 2.33. The molecular formula is C27H28N2O4. The number of hydrogen-bond acceptors (Lipinski definition) is 4. The zero-order chi connectivity index (χ0) is 23.2. The van der Waals surface area contributed by atoms with Crippen molar-refractivity contribution in [2.45, 2.75) is 18.9 Å². The topological polar surface area (TPSA) is 67.9 Å². The predicted octanol–water partition coefficient (Wildman–Crippen LogP) is 3.48. The molecule has 1 saturated heterocycles. The van der Waals surface area contributed by atoms with E-state index in [1.807, 2.05) is 42.5 Å². The predicted molar refractivity (Wildman–Crippen MR) is 127 cm³/mol. The lowest BCUT2D eigenvalue weighted by atomic mass is 9.93. The molecule has 3 aromatic rings. The van der Waals surface area contributed by atoms with Gasteiger partial charge in [-0.05, 0) is 34.4 Å². The Morgan fingerprint density at radius 2 is 1.70 bits per heavy atom. The minimum atomic E-state index is -0.559. The molecule has 1 atom stereocenters. The van der Waals surface area contributed by atoms with Gasteiger partial charge in [0.2, 0.25) is 11.8 Å². The van der Waals surface area contributed by atoms with Crippen molar-refractivity contribution in [2.75, 3.05) is 27.3 Å². The summed E-state index contributed by atoms with van der Waals surface area (Å²) >= 11 is 0. The van der Waals surface area contributed by atoms with E-state index in [2.05, 4.69) is 23.5 Å². The Kier molecular flexibility index (Phi) is 6.93. The van der Waals surface area contributed by atoms with Crippen LogP contribution >= 0.6 is 0 Å². The number of nitrogens with one attached hydrogen (secondary N) is 1. The average molecular weight is 445 g/mol. The molecule has 1 aliphatic rings. The molecule has 6 heteroatoms. The molecule has 6 nitrogen and oxygen atoms in total. The highest BCUT2D eigenvalue weighted by atomic mass is 16.5. The molecule has 0 aromatic heterocycles. The molecule has 0 saturated carbocycles. The van der Waals surface area contributed by atoms with Gasteiger partial charge in [0.05, 0.1) is 20.6 Å². The first-order valence-corrected chi connectivity index (χ1v) is 11.0. The standard InChI is InChI=1S/C27H28N2O4/c1-32-24-13-12-19(16-25(24)33-2)17-26(30)29-15-14-28-27(31)23(29)18-21-10-6-7-11-22(21)20-8-4-3-5-9-20/h3-13,16,23H,14-15,17-18H2,1-2H3,(H,28,31). The fraction of sp³-hybridized carbons (Fsp3) is 0.259. The van der Waals surface area contributed by atoms with E-state index in [0.717, 1.165) is 22.3 Å². The van der Waals surface area contributed by atoms with Gasteiger partial charge < -0.3 is 19.7 Å². The normalized spacial score (nSPS) is 15.6. The van der Waals surface area contributed by atoms with Gasteiger partial charge in [-0.3, -0.25) is 9.59 Å². The van der Waals surface area contributed by atoms with Crippen LogP contribution < -0.4 is 14.8 Å². The van der Waals surface area contributed by atoms with Crippen LogP contribution in [0.4, 0.5) is 0 Å². The molecular weight excluding hydrogens is 416 g/mol. The second-order valence-electron chi connectivity index (χ2n) is 7.99. The van der Waals surface area contributed by atoms with Crippen LogP contribution in [0.5, 0.6) is 11.5 Å². The molecule has 1 aliphatic heterocycles. The number of methoxy groups -OCH3 is 2. The largest absolute Gasteiger partial charge is 0.493 e. The quantitative estimate of drug-likeness (QED) is 0.606. The minimum absolute atomic E-state index is 0.0840. The molecule has 4 rings (SSSR count). The Bertz CT molecular complexity index is 1130. The van der Waals surface area contributed by atoms with Crippen LogP contribution in [-0.4, -0.2) is 50.1 Å². The minimum Gasteiger partial charge on any atom is -0.493 e. The Morgan fingerprint density at radius 3 is 2.45 bits per heavy atom. The van der Waals surface area contributed by atoms with Crippen molar-refractivity contribution < 1.29 is 19.1 Å². The van der Waals surface area contributed by atoms with Crippen LogP contribution in [0.15, 0.2) is 72.8 Å². The molecule has 1 fully saturated rings. The van der Waals surface area contributed by atoms with E-state index in [4.69, 9.17) is 9.47 Å². The highest BCUT2D eigenvalue weighted by Crippen LogP contribution is 2.29. The van der Waals surface area contributed by atoms with E-state index >= 15 is 0 Å². The Morgan fingerprint density at radius 1 is 0.970 bits per heavy atom. The Balaban J connectivity index is 1.57. The van der Waals surface area contributed by atoms with E-state index in [0.29, 0.717) is 31.0 Å². The van der Waals surface area contributed by atoms with Gasteiger partial charge in [-0.25, -0.2) is 0 Å². The molecule has 1 unspecified atom stereocenters. The summed E-state index contributed by atoms with van der Waals surface area (Å²) < 4.78 is 10.6. The molecule has 1 heterocycles. The van der Waals surface area contributed by atoms with Crippen molar-refractivity contribution in [3.05, 3.63) is 83.9 Å². The summed E-state index contributed by atoms with van der Waals surface area (Å²) in [5.41, 5.74) is 4.01. The van der Waals surface area contributed by atoms with Gasteiger partial charge in [-0.2, -0.15) is 0 Å². The van der Waals surface area contributed by atoms with Gasteiger partial charge in [0.1, 0.15) is 6.04 Å². The van der Waals surface area contributed by atoms with Gasteiger partial charge in [0, 0.05) is 19.5 Å². The molecule has 0 aliphatic carbocycles. The number of hydrogen-bond donors (Lipinski definition) is 1. The van der Waals surface area contributed by atoms with Crippen LogP contribution in [0, 0.1) is 0 Å². The Hall–Kier alpha value is -3.80. The summed E-state index contributed by atoms with van der Waals surface area (Å²) in [7, 11) is 3.14. The van der Waals surface area contributed by atoms with Gasteiger partial charge in [0.15, 0.2) is 11.5 Å². The highest BCUT2D eigenvalue weighted by molar-refractivity contribution is 5.90.